The van der Waals surface area contributed by atoms with E-state index in [1.165, 1.54) is 11.1 Å². The Morgan fingerprint density at radius 2 is 1.80 bits per heavy atom. The number of hydrogen-bond acceptors (Lipinski definition) is 2. The Bertz CT molecular complexity index is 635. The lowest BCUT2D eigenvalue weighted by Gasteiger charge is -2.15. The average Bonchev–Trinajstić information content (AvgIpc) is 2.90. The van der Waals surface area contributed by atoms with Crippen LogP contribution in [0.15, 0.2) is 48.5 Å². The zero-order chi connectivity index (χ0) is 14.1. The molecule has 1 aliphatic rings. The van der Waals surface area contributed by atoms with Crippen molar-refractivity contribution in [1.29, 1.82) is 0 Å². The van der Waals surface area contributed by atoms with Crippen molar-refractivity contribution in [2.45, 2.75) is 26.1 Å². The van der Waals surface area contributed by atoms with Gasteiger partial charge in [0.1, 0.15) is 0 Å². The Balaban J connectivity index is 1.82. The highest BCUT2D eigenvalue weighted by molar-refractivity contribution is 5.94. The number of carbonyl (C=O) groups is 1. The summed E-state index contributed by atoms with van der Waals surface area (Å²) in [5.41, 5.74) is 10.2. The van der Waals surface area contributed by atoms with E-state index in [-0.39, 0.29) is 11.9 Å². The maximum Gasteiger partial charge on any atom is 0.254 e. The van der Waals surface area contributed by atoms with Crippen molar-refractivity contribution >= 4 is 5.91 Å². The van der Waals surface area contributed by atoms with E-state index in [0.717, 1.165) is 11.1 Å². The van der Waals surface area contributed by atoms with Crippen molar-refractivity contribution in [2.24, 2.45) is 5.73 Å². The molecule has 1 aliphatic heterocycles. The van der Waals surface area contributed by atoms with Crippen molar-refractivity contribution in [2.75, 3.05) is 0 Å². The molecule has 0 saturated carbocycles. The quantitative estimate of drug-likeness (QED) is 0.908. The van der Waals surface area contributed by atoms with Crippen LogP contribution >= 0.6 is 0 Å². The summed E-state index contributed by atoms with van der Waals surface area (Å²) in [6.45, 7) is 3.33. The van der Waals surface area contributed by atoms with Gasteiger partial charge in [0.25, 0.3) is 5.91 Å². The van der Waals surface area contributed by atoms with Crippen molar-refractivity contribution in [3.05, 3.63) is 70.8 Å². The molecule has 102 valence electrons. The number of fused-ring (bicyclic) bond motifs is 1. The predicted octanol–water partition coefficient (Wildman–Crippen LogP) is 2.86. The van der Waals surface area contributed by atoms with Crippen LogP contribution in [0.3, 0.4) is 0 Å². The molecular formula is C17H18N2O. The monoisotopic (exact) mass is 266 g/mol. The van der Waals surface area contributed by atoms with E-state index >= 15 is 0 Å². The largest absolute Gasteiger partial charge is 0.330 e. The van der Waals surface area contributed by atoms with E-state index in [1.54, 1.807) is 0 Å². The van der Waals surface area contributed by atoms with Gasteiger partial charge in [-0.3, -0.25) is 4.79 Å². The molecule has 1 unspecified atom stereocenters. The summed E-state index contributed by atoms with van der Waals surface area (Å²) in [6.07, 6.45) is 0. The Labute approximate surface area is 119 Å². The van der Waals surface area contributed by atoms with Gasteiger partial charge in [0.2, 0.25) is 0 Å². The molecule has 0 aliphatic carbocycles. The number of nitrogens with zero attached hydrogens (tertiary/aromatic N) is 1. The van der Waals surface area contributed by atoms with E-state index in [0.29, 0.717) is 13.1 Å². The number of benzene rings is 2. The first kappa shape index (κ1) is 12.9. The Morgan fingerprint density at radius 1 is 1.10 bits per heavy atom. The Hall–Kier alpha value is -2.13. The second-order valence-electron chi connectivity index (χ2n) is 5.34. The van der Waals surface area contributed by atoms with Gasteiger partial charge in [0, 0.05) is 24.7 Å². The van der Waals surface area contributed by atoms with Gasteiger partial charge in [-0.15, -0.1) is 0 Å². The molecule has 2 aromatic carbocycles. The van der Waals surface area contributed by atoms with Gasteiger partial charge >= 0.3 is 0 Å². The maximum absolute atomic E-state index is 12.4. The molecule has 1 amide bonds. The van der Waals surface area contributed by atoms with E-state index in [1.807, 2.05) is 42.2 Å². The van der Waals surface area contributed by atoms with Gasteiger partial charge in [-0.05, 0) is 35.7 Å². The maximum atomic E-state index is 12.4. The van der Waals surface area contributed by atoms with Crippen LogP contribution in [0.1, 0.15) is 40.0 Å². The summed E-state index contributed by atoms with van der Waals surface area (Å²) in [5, 5.41) is 0. The van der Waals surface area contributed by atoms with Crippen LogP contribution in [0.4, 0.5) is 0 Å². The van der Waals surface area contributed by atoms with Crippen molar-refractivity contribution in [1.82, 2.24) is 4.90 Å². The summed E-state index contributed by atoms with van der Waals surface area (Å²) in [7, 11) is 0. The molecule has 0 radical (unpaired) electrons. The van der Waals surface area contributed by atoms with Crippen LogP contribution in [0, 0.1) is 0 Å². The van der Waals surface area contributed by atoms with Gasteiger partial charge in [0.05, 0.1) is 0 Å². The first-order valence-electron chi connectivity index (χ1n) is 6.87. The topological polar surface area (TPSA) is 46.3 Å². The third-order valence-corrected chi connectivity index (χ3v) is 3.79. The molecule has 0 fully saturated rings. The molecule has 0 spiro atoms. The van der Waals surface area contributed by atoms with Gasteiger partial charge in [-0.25, -0.2) is 0 Å². The van der Waals surface area contributed by atoms with Crippen molar-refractivity contribution in [3.8, 4) is 0 Å². The van der Waals surface area contributed by atoms with Crippen molar-refractivity contribution in [3.63, 3.8) is 0 Å². The van der Waals surface area contributed by atoms with Crippen molar-refractivity contribution < 1.29 is 4.79 Å². The molecule has 0 bridgehead atoms. The first-order chi connectivity index (χ1) is 9.65. The van der Waals surface area contributed by atoms with E-state index in [4.69, 9.17) is 5.73 Å². The summed E-state index contributed by atoms with van der Waals surface area (Å²) in [4.78, 5) is 14.3. The molecule has 0 aromatic heterocycles. The molecule has 1 atom stereocenters. The fraction of sp³-hybridized carbons (Fsp3) is 0.235. The van der Waals surface area contributed by atoms with E-state index < -0.39 is 0 Å². The van der Waals surface area contributed by atoms with Crippen LogP contribution in [0.2, 0.25) is 0 Å². The molecule has 1 heterocycles. The normalized spacial score (nSPS) is 15.0. The minimum atomic E-state index is 0.0270. The van der Waals surface area contributed by atoms with E-state index in [2.05, 4.69) is 18.2 Å². The van der Waals surface area contributed by atoms with Gasteiger partial charge in [0.15, 0.2) is 0 Å². The third kappa shape index (κ3) is 2.32. The predicted molar refractivity (Wildman–Crippen MR) is 79.1 cm³/mol. The molecule has 2 aromatic rings. The highest BCUT2D eigenvalue weighted by Gasteiger charge is 2.24. The lowest BCUT2D eigenvalue weighted by molar-refractivity contribution is 0.0751. The molecule has 2 N–H and O–H groups in total. The molecule has 3 heteroatoms. The number of rotatable bonds is 2. The fourth-order valence-electron chi connectivity index (χ4n) is 2.60. The third-order valence-electron chi connectivity index (χ3n) is 3.79. The first-order valence-corrected chi connectivity index (χ1v) is 6.87. The van der Waals surface area contributed by atoms with Crippen LogP contribution in [0.5, 0.6) is 0 Å². The van der Waals surface area contributed by atoms with Crippen LogP contribution < -0.4 is 5.73 Å². The lowest BCUT2D eigenvalue weighted by Crippen LogP contribution is -2.25. The zero-order valence-corrected chi connectivity index (χ0v) is 11.5. The van der Waals surface area contributed by atoms with Gasteiger partial charge in [-0.1, -0.05) is 36.4 Å². The summed E-state index contributed by atoms with van der Waals surface area (Å²) >= 11 is 0. The summed E-state index contributed by atoms with van der Waals surface area (Å²) in [5.74, 6) is 0.0872. The molecule has 3 rings (SSSR count). The number of amides is 1. The minimum absolute atomic E-state index is 0.0270. The van der Waals surface area contributed by atoms with Crippen LogP contribution in [0.25, 0.3) is 0 Å². The average molecular weight is 266 g/mol. The van der Waals surface area contributed by atoms with Crippen LogP contribution in [-0.4, -0.2) is 10.8 Å². The van der Waals surface area contributed by atoms with E-state index in [9.17, 15) is 4.79 Å². The standard InChI is InChI=1S/C17H18N2O/c1-12(18)14-7-8-15-10-19(11-16(15)9-14)17(20)13-5-3-2-4-6-13/h2-9,12H,10-11,18H2,1H3. The molecule has 3 nitrogen and oxygen atoms in total. The second-order valence-corrected chi connectivity index (χ2v) is 5.34. The molecular weight excluding hydrogens is 248 g/mol. The van der Waals surface area contributed by atoms with Gasteiger partial charge < -0.3 is 10.6 Å². The van der Waals surface area contributed by atoms with Crippen LogP contribution in [-0.2, 0) is 13.1 Å². The smallest absolute Gasteiger partial charge is 0.254 e. The zero-order valence-electron chi connectivity index (χ0n) is 11.5. The number of carbonyl (C=O) groups excluding carboxylic acids is 1. The molecule has 0 saturated heterocycles. The number of hydrogen-bond donors (Lipinski definition) is 1. The highest BCUT2D eigenvalue weighted by atomic mass is 16.2. The lowest BCUT2D eigenvalue weighted by atomic mass is 10.0. The fourth-order valence-corrected chi connectivity index (χ4v) is 2.60. The molecule has 20 heavy (non-hydrogen) atoms. The second kappa shape index (κ2) is 5.10. The van der Waals surface area contributed by atoms with Gasteiger partial charge in [-0.2, -0.15) is 0 Å². The minimum Gasteiger partial charge on any atom is -0.330 e. The SMILES string of the molecule is CC(N)c1ccc2c(c1)CN(C(=O)c1ccccc1)C2. The Kier molecular flexibility index (Phi) is 3.28. The highest BCUT2D eigenvalue weighted by Crippen LogP contribution is 2.26. The summed E-state index contributed by atoms with van der Waals surface area (Å²) in [6, 6.07) is 15.7. The Morgan fingerprint density at radius 3 is 2.50 bits per heavy atom. The number of nitrogens with two attached hydrogens (primary N) is 1. The summed E-state index contributed by atoms with van der Waals surface area (Å²) < 4.78 is 0.